The van der Waals surface area contributed by atoms with E-state index in [9.17, 15) is 14.3 Å². The smallest absolute Gasteiger partial charge is 0.230 e. The fourth-order valence-corrected chi connectivity index (χ4v) is 4.11. The standard InChI is InChI=1S/C20H18FNO3S/c21-16-5-3-14(4-6-16)19(8-9-19)18(23)22-13-20(24,15-7-10-25-12-15)17-2-1-11-26-17/h1-7,10-12,24H,8-9,13H2,(H,22,23). The molecular weight excluding hydrogens is 353 g/mol. The fourth-order valence-electron chi connectivity index (χ4n) is 3.26. The summed E-state index contributed by atoms with van der Waals surface area (Å²) in [5.74, 6) is -0.473. The maximum atomic E-state index is 13.2. The Kier molecular flexibility index (Phi) is 4.17. The molecule has 0 spiro atoms. The molecule has 6 heteroatoms. The molecule has 0 radical (unpaired) electrons. The molecule has 2 N–H and O–H groups in total. The average Bonchev–Trinajstić information content (AvgIpc) is 3.08. The largest absolute Gasteiger partial charge is 0.472 e. The third-order valence-corrected chi connectivity index (χ3v) is 6.03. The molecule has 1 aliphatic rings. The summed E-state index contributed by atoms with van der Waals surface area (Å²) >= 11 is 1.42. The Morgan fingerprint density at radius 2 is 2.04 bits per heavy atom. The monoisotopic (exact) mass is 371 g/mol. The van der Waals surface area contributed by atoms with Crippen LogP contribution in [0.15, 0.2) is 64.8 Å². The Morgan fingerprint density at radius 1 is 1.27 bits per heavy atom. The molecule has 1 atom stereocenters. The number of furan rings is 1. The lowest BCUT2D eigenvalue weighted by Crippen LogP contribution is -2.44. The van der Waals surface area contributed by atoms with E-state index >= 15 is 0 Å². The summed E-state index contributed by atoms with van der Waals surface area (Å²) in [7, 11) is 0. The molecule has 26 heavy (non-hydrogen) atoms. The van der Waals surface area contributed by atoms with Crippen molar-refractivity contribution in [2.45, 2.75) is 23.9 Å². The van der Waals surface area contributed by atoms with Crippen LogP contribution >= 0.6 is 11.3 Å². The Labute approximate surface area is 154 Å². The molecule has 4 rings (SSSR count). The normalized spacial score (nSPS) is 17.5. The predicted octanol–water partition coefficient (Wildman–Crippen LogP) is 3.56. The molecular formula is C20H18FNO3S. The zero-order valence-corrected chi connectivity index (χ0v) is 14.8. The predicted molar refractivity (Wildman–Crippen MR) is 96.3 cm³/mol. The number of nitrogens with one attached hydrogen (secondary N) is 1. The molecule has 0 bridgehead atoms. The van der Waals surface area contributed by atoms with Gasteiger partial charge < -0.3 is 14.8 Å². The van der Waals surface area contributed by atoms with Crippen molar-refractivity contribution in [3.8, 4) is 0 Å². The molecule has 1 unspecified atom stereocenters. The number of aliphatic hydroxyl groups is 1. The first-order chi connectivity index (χ1) is 12.5. The SMILES string of the molecule is O=C(NCC(O)(c1ccoc1)c1cccs1)C1(c2ccc(F)cc2)CC1. The van der Waals surface area contributed by atoms with Gasteiger partial charge in [-0.25, -0.2) is 4.39 Å². The van der Waals surface area contributed by atoms with Crippen LogP contribution in [0.1, 0.15) is 28.8 Å². The van der Waals surface area contributed by atoms with E-state index < -0.39 is 11.0 Å². The summed E-state index contributed by atoms with van der Waals surface area (Å²) in [6.07, 6.45) is 4.41. The van der Waals surface area contributed by atoms with E-state index in [1.165, 1.54) is 36.0 Å². The lowest BCUT2D eigenvalue weighted by Gasteiger charge is -2.27. The minimum Gasteiger partial charge on any atom is -0.472 e. The summed E-state index contributed by atoms with van der Waals surface area (Å²) in [6.45, 7) is 0.0365. The van der Waals surface area contributed by atoms with Gasteiger partial charge in [-0.15, -0.1) is 11.3 Å². The van der Waals surface area contributed by atoms with Gasteiger partial charge in [0.25, 0.3) is 0 Å². The Balaban J connectivity index is 1.55. The number of benzene rings is 1. The molecule has 134 valence electrons. The number of carbonyl (C=O) groups is 1. The van der Waals surface area contributed by atoms with Crippen LogP contribution in [0, 0.1) is 5.82 Å². The van der Waals surface area contributed by atoms with E-state index in [0.717, 1.165) is 10.4 Å². The Hall–Kier alpha value is -2.44. The lowest BCUT2D eigenvalue weighted by atomic mass is 9.92. The number of rotatable bonds is 6. The van der Waals surface area contributed by atoms with E-state index in [2.05, 4.69) is 5.32 Å². The zero-order chi connectivity index (χ0) is 18.2. The molecule has 1 saturated carbocycles. The topological polar surface area (TPSA) is 62.5 Å². The first kappa shape index (κ1) is 17.0. The van der Waals surface area contributed by atoms with Crippen LogP contribution < -0.4 is 5.32 Å². The molecule has 1 amide bonds. The van der Waals surface area contributed by atoms with Gasteiger partial charge in [0.05, 0.1) is 24.5 Å². The Bertz CT molecular complexity index is 850. The zero-order valence-electron chi connectivity index (χ0n) is 13.9. The van der Waals surface area contributed by atoms with Gasteiger partial charge in [-0.3, -0.25) is 4.79 Å². The number of hydrogen-bond donors (Lipinski definition) is 2. The molecule has 2 heterocycles. The highest BCUT2D eigenvalue weighted by Crippen LogP contribution is 2.48. The number of thiophene rings is 1. The van der Waals surface area contributed by atoms with Gasteiger partial charge in [-0.05, 0) is 48.1 Å². The molecule has 2 aromatic heterocycles. The summed E-state index contributed by atoms with van der Waals surface area (Å²) in [6, 6.07) is 11.4. The highest BCUT2D eigenvalue weighted by molar-refractivity contribution is 7.10. The van der Waals surface area contributed by atoms with Gasteiger partial charge in [-0.2, -0.15) is 0 Å². The second kappa shape index (κ2) is 6.37. The quantitative estimate of drug-likeness (QED) is 0.696. The van der Waals surface area contributed by atoms with E-state index in [1.54, 1.807) is 18.2 Å². The number of halogens is 1. The van der Waals surface area contributed by atoms with Gasteiger partial charge in [-0.1, -0.05) is 18.2 Å². The summed E-state index contributed by atoms with van der Waals surface area (Å²) in [5.41, 5.74) is -0.581. The molecule has 1 aliphatic carbocycles. The molecule has 1 aromatic carbocycles. The fraction of sp³-hybridized carbons (Fsp3) is 0.250. The first-order valence-corrected chi connectivity index (χ1v) is 9.26. The average molecular weight is 371 g/mol. The highest BCUT2D eigenvalue weighted by atomic mass is 32.1. The van der Waals surface area contributed by atoms with Crippen molar-refractivity contribution in [2.24, 2.45) is 0 Å². The van der Waals surface area contributed by atoms with Crippen LogP contribution in [-0.4, -0.2) is 17.6 Å². The summed E-state index contributed by atoms with van der Waals surface area (Å²) in [4.78, 5) is 13.6. The second-order valence-corrected chi connectivity index (χ2v) is 7.57. The molecule has 0 saturated heterocycles. The van der Waals surface area contributed by atoms with Crippen LogP contribution in [0.4, 0.5) is 4.39 Å². The van der Waals surface area contributed by atoms with Crippen molar-refractivity contribution in [3.63, 3.8) is 0 Å². The third kappa shape index (κ3) is 2.85. The minimum absolute atomic E-state index is 0.0365. The van der Waals surface area contributed by atoms with Crippen molar-refractivity contribution >= 4 is 17.2 Å². The van der Waals surface area contributed by atoms with Crippen LogP contribution in [-0.2, 0) is 15.8 Å². The molecule has 4 nitrogen and oxygen atoms in total. The number of hydrogen-bond acceptors (Lipinski definition) is 4. The van der Waals surface area contributed by atoms with Crippen molar-refractivity contribution in [1.29, 1.82) is 0 Å². The number of carbonyl (C=O) groups excluding carboxylic acids is 1. The van der Waals surface area contributed by atoms with Crippen molar-refractivity contribution in [1.82, 2.24) is 5.32 Å². The first-order valence-electron chi connectivity index (χ1n) is 8.38. The number of amides is 1. The Morgan fingerprint density at radius 3 is 2.62 bits per heavy atom. The van der Waals surface area contributed by atoms with E-state index in [1.807, 2.05) is 17.5 Å². The van der Waals surface area contributed by atoms with Crippen LogP contribution in [0.3, 0.4) is 0 Å². The van der Waals surface area contributed by atoms with Crippen molar-refractivity contribution in [2.75, 3.05) is 6.54 Å². The maximum Gasteiger partial charge on any atom is 0.230 e. The van der Waals surface area contributed by atoms with Gasteiger partial charge in [0.1, 0.15) is 11.4 Å². The van der Waals surface area contributed by atoms with Crippen molar-refractivity contribution in [3.05, 3.63) is 82.2 Å². The van der Waals surface area contributed by atoms with Crippen LogP contribution in [0.5, 0.6) is 0 Å². The van der Waals surface area contributed by atoms with E-state index in [4.69, 9.17) is 4.42 Å². The van der Waals surface area contributed by atoms with Crippen LogP contribution in [0.2, 0.25) is 0 Å². The minimum atomic E-state index is -1.35. The third-order valence-electron chi connectivity index (χ3n) is 5.01. The van der Waals surface area contributed by atoms with E-state index in [0.29, 0.717) is 18.4 Å². The molecule has 1 fully saturated rings. The summed E-state index contributed by atoms with van der Waals surface area (Å²) in [5, 5.41) is 16.0. The van der Waals surface area contributed by atoms with Crippen molar-refractivity contribution < 1.29 is 18.7 Å². The van der Waals surface area contributed by atoms with E-state index in [-0.39, 0.29) is 18.3 Å². The summed E-state index contributed by atoms with van der Waals surface area (Å²) < 4.78 is 18.3. The highest BCUT2D eigenvalue weighted by Gasteiger charge is 2.51. The van der Waals surface area contributed by atoms with Gasteiger partial charge >= 0.3 is 0 Å². The molecule has 3 aromatic rings. The van der Waals surface area contributed by atoms with Gasteiger partial charge in [0.15, 0.2) is 0 Å². The van der Waals surface area contributed by atoms with Crippen LogP contribution in [0.25, 0.3) is 0 Å². The van der Waals surface area contributed by atoms with Gasteiger partial charge in [0, 0.05) is 10.4 Å². The maximum absolute atomic E-state index is 13.2. The van der Waals surface area contributed by atoms with Gasteiger partial charge in [0.2, 0.25) is 5.91 Å². The second-order valence-electron chi connectivity index (χ2n) is 6.62. The molecule has 0 aliphatic heterocycles. The lowest BCUT2D eigenvalue weighted by molar-refractivity contribution is -0.124.